The molecular weight excluding hydrogens is 414 g/mol. The zero-order valence-electron chi connectivity index (χ0n) is 16.5. The molecule has 2 unspecified atom stereocenters. The average molecular weight is 438 g/mol. The summed E-state index contributed by atoms with van der Waals surface area (Å²) >= 11 is 0. The summed E-state index contributed by atoms with van der Waals surface area (Å²) in [7, 11) is -1.57. The van der Waals surface area contributed by atoms with Crippen molar-refractivity contribution in [2.45, 2.75) is 13.1 Å². The second kappa shape index (κ2) is 8.47. The second-order valence-corrected chi connectivity index (χ2v) is 8.97. The van der Waals surface area contributed by atoms with Gasteiger partial charge in [-0.2, -0.15) is 9.71 Å². The number of aliphatic hydroxyl groups is 1. The van der Waals surface area contributed by atoms with E-state index in [0.29, 0.717) is 18.2 Å². The van der Waals surface area contributed by atoms with E-state index < -0.39 is 16.0 Å². The van der Waals surface area contributed by atoms with Gasteiger partial charge in [-0.05, 0) is 31.2 Å². The van der Waals surface area contributed by atoms with E-state index in [0.717, 1.165) is 0 Å². The standard InChI is InChI=1S/C17H23N7O5S/c1-3-30(28,29)23-13-10-24(13,2)17-21-15(18-8-9-25)20-16(22-17)19-12-6-4-11(5-7-12)14(26)27/h4-7,13,23,25H,3,8-10H2,1-2H3,(H2-,18,19,20,21,22,26,27)/p+1. The van der Waals surface area contributed by atoms with Crippen LogP contribution >= 0.6 is 0 Å². The van der Waals surface area contributed by atoms with Crippen LogP contribution in [0.2, 0.25) is 0 Å². The van der Waals surface area contributed by atoms with Gasteiger partial charge in [0.05, 0.1) is 25.0 Å². The van der Waals surface area contributed by atoms with Crippen LogP contribution in [0, 0.1) is 0 Å². The van der Waals surface area contributed by atoms with E-state index in [-0.39, 0.29) is 47.0 Å². The average Bonchev–Trinajstić information content (AvgIpc) is 3.36. The van der Waals surface area contributed by atoms with Crippen molar-refractivity contribution in [2.24, 2.45) is 0 Å². The van der Waals surface area contributed by atoms with Gasteiger partial charge in [-0.15, -0.1) is 9.97 Å². The number of sulfonamides is 1. The Balaban J connectivity index is 1.86. The van der Waals surface area contributed by atoms with E-state index in [1.165, 1.54) is 12.1 Å². The molecule has 0 radical (unpaired) electrons. The van der Waals surface area contributed by atoms with E-state index >= 15 is 0 Å². The minimum Gasteiger partial charge on any atom is -0.478 e. The van der Waals surface area contributed by atoms with Crippen molar-refractivity contribution >= 4 is 39.5 Å². The Morgan fingerprint density at radius 2 is 1.87 bits per heavy atom. The monoisotopic (exact) mass is 438 g/mol. The van der Waals surface area contributed by atoms with Gasteiger partial charge in [-0.3, -0.25) is 0 Å². The van der Waals surface area contributed by atoms with E-state index in [2.05, 4.69) is 30.3 Å². The third-order valence-electron chi connectivity index (χ3n) is 4.67. The summed E-state index contributed by atoms with van der Waals surface area (Å²) in [5.74, 6) is -0.282. The van der Waals surface area contributed by atoms with Crippen LogP contribution in [0.3, 0.4) is 0 Å². The van der Waals surface area contributed by atoms with Crippen molar-refractivity contribution in [3.8, 4) is 0 Å². The number of quaternary nitrogens is 1. The van der Waals surface area contributed by atoms with Crippen LogP contribution in [-0.4, -0.2) is 78.2 Å². The summed E-state index contributed by atoms with van der Waals surface area (Å²) in [6, 6.07) is 6.07. The van der Waals surface area contributed by atoms with Crippen LogP contribution in [0.5, 0.6) is 0 Å². The predicted octanol–water partition coefficient (Wildman–Crippen LogP) is -0.0663. The van der Waals surface area contributed by atoms with Crippen LogP contribution in [0.1, 0.15) is 17.3 Å². The highest BCUT2D eigenvalue weighted by Gasteiger charge is 2.57. The Morgan fingerprint density at radius 3 is 2.47 bits per heavy atom. The van der Waals surface area contributed by atoms with Gasteiger partial charge in [-0.25, -0.2) is 17.7 Å². The molecule has 0 saturated carbocycles. The number of aromatic nitrogens is 3. The maximum absolute atomic E-state index is 11.9. The highest BCUT2D eigenvalue weighted by molar-refractivity contribution is 7.89. The molecule has 1 aliphatic heterocycles. The number of hydrogen-bond donors (Lipinski definition) is 5. The molecule has 2 heterocycles. The maximum Gasteiger partial charge on any atom is 0.337 e. The first-order valence-corrected chi connectivity index (χ1v) is 10.9. The third-order valence-corrected chi connectivity index (χ3v) is 6.06. The number of aliphatic hydroxyl groups excluding tert-OH is 1. The third kappa shape index (κ3) is 4.99. The first-order valence-electron chi connectivity index (χ1n) is 9.24. The SMILES string of the molecule is CCS(=O)(=O)NC1C[N+]1(C)c1nc(NCCO)nc(Nc2ccc(C(=O)O)cc2)n1. The van der Waals surface area contributed by atoms with Crippen molar-refractivity contribution in [1.82, 2.24) is 24.2 Å². The van der Waals surface area contributed by atoms with Gasteiger partial charge in [0.25, 0.3) is 0 Å². The molecule has 0 amide bonds. The number of likely N-dealkylation sites (N-methyl/N-ethyl adjacent to an activating group) is 1. The van der Waals surface area contributed by atoms with Gasteiger partial charge in [0.1, 0.15) is 0 Å². The number of rotatable bonds is 10. The molecule has 30 heavy (non-hydrogen) atoms. The lowest BCUT2D eigenvalue weighted by Crippen LogP contribution is -2.38. The molecule has 3 rings (SSSR count). The molecule has 5 N–H and O–H groups in total. The topological polar surface area (TPSA) is 166 Å². The van der Waals surface area contributed by atoms with Gasteiger partial charge in [0.2, 0.25) is 28.1 Å². The van der Waals surface area contributed by atoms with Crippen LogP contribution in [0.25, 0.3) is 0 Å². The minimum atomic E-state index is -3.38. The number of carboxylic acid groups (broad SMARTS) is 1. The van der Waals surface area contributed by atoms with Crippen molar-refractivity contribution < 1.29 is 23.4 Å². The molecule has 0 bridgehead atoms. The Morgan fingerprint density at radius 1 is 1.20 bits per heavy atom. The smallest absolute Gasteiger partial charge is 0.337 e. The van der Waals surface area contributed by atoms with E-state index in [9.17, 15) is 13.2 Å². The van der Waals surface area contributed by atoms with Crippen molar-refractivity contribution in [1.29, 1.82) is 0 Å². The Kier molecular flexibility index (Phi) is 6.17. The number of nitrogens with zero attached hydrogens (tertiary/aromatic N) is 4. The van der Waals surface area contributed by atoms with Crippen LogP contribution in [0.15, 0.2) is 24.3 Å². The molecule has 0 spiro atoms. The first-order chi connectivity index (χ1) is 14.2. The Bertz CT molecular complexity index is 1030. The maximum atomic E-state index is 11.9. The van der Waals surface area contributed by atoms with Gasteiger partial charge in [-0.1, -0.05) is 0 Å². The largest absolute Gasteiger partial charge is 0.478 e. The molecule has 2 aromatic rings. The minimum absolute atomic E-state index is 0.0247. The second-order valence-electron chi connectivity index (χ2n) is 6.93. The fourth-order valence-electron chi connectivity index (χ4n) is 2.70. The molecule has 1 aromatic carbocycles. The normalized spacial score (nSPS) is 20.6. The van der Waals surface area contributed by atoms with Gasteiger partial charge >= 0.3 is 11.9 Å². The summed E-state index contributed by atoms with van der Waals surface area (Å²) in [6.45, 7) is 2.15. The molecule has 0 aliphatic carbocycles. The molecule has 1 saturated heterocycles. The lowest BCUT2D eigenvalue weighted by atomic mass is 10.2. The van der Waals surface area contributed by atoms with Crippen molar-refractivity contribution in [3.05, 3.63) is 29.8 Å². The molecule has 13 heteroatoms. The van der Waals surface area contributed by atoms with E-state index in [1.807, 2.05) is 0 Å². The predicted molar refractivity (Wildman–Crippen MR) is 111 cm³/mol. The molecular formula is C17H24N7O5S+. The van der Waals surface area contributed by atoms with Gasteiger partial charge in [0.15, 0.2) is 6.54 Å². The number of anilines is 3. The van der Waals surface area contributed by atoms with E-state index in [4.69, 9.17) is 10.2 Å². The Labute approximate surface area is 173 Å². The fourth-order valence-corrected chi connectivity index (χ4v) is 3.59. The van der Waals surface area contributed by atoms with Crippen molar-refractivity contribution in [2.75, 3.05) is 43.1 Å². The van der Waals surface area contributed by atoms with Crippen molar-refractivity contribution in [3.63, 3.8) is 0 Å². The molecule has 1 aliphatic rings. The number of aromatic carboxylic acids is 1. The number of hydrogen-bond acceptors (Lipinski definition) is 9. The zero-order chi connectivity index (χ0) is 21.9. The highest BCUT2D eigenvalue weighted by atomic mass is 32.2. The lowest BCUT2D eigenvalue weighted by molar-refractivity contribution is 0.0697. The highest BCUT2D eigenvalue weighted by Crippen LogP contribution is 2.33. The molecule has 12 nitrogen and oxygen atoms in total. The van der Waals surface area contributed by atoms with Crippen LogP contribution in [0.4, 0.5) is 23.5 Å². The number of benzene rings is 1. The van der Waals surface area contributed by atoms with Gasteiger partial charge in [0, 0.05) is 12.2 Å². The van der Waals surface area contributed by atoms with Crippen LogP contribution in [-0.2, 0) is 10.0 Å². The summed E-state index contributed by atoms with van der Waals surface area (Å²) in [5.41, 5.74) is 0.720. The van der Waals surface area contributed by atoms with E-state index in [1.54, 1.807) is 26.1 Å². The molecule has 162 valence electrons. The summed E-state index contributed by atoms with van der Waals surface area (Å²) in [5, 5.41) is 23.9. The number of carboxylic acids is 1. The molecule has 1 fully saturated rings. The Hall–Kier alpha value is -2.87. The fraction of sp³-hybridized carbons (Fsp3) is 0.412. The first kappa shape index (κ1) is 21.8. The molecule has 2 atom stereocenters. The summed E-state index contributed by atoms with van der Waals surface area (Å²) in [4.78, 5) is 24.0. The molecule has 1 aromatic heterocycles. The van der Waals surface area contributed by atoms with Gasteiger partial charge < -0.3 is 20.8 Å². The quantitative estimate of drug-likeness (QED) is 0.250. The lowest BCUT2D eigenvalue weighted by Gasteiger charge is -2.15. The summed E-state index contributed by atoms with van der Waals surface area (Å²) in [6.07, 6.45) is -0.384. The number of carbonyl (C=O) groups is 1. The summed E-state index contributed by atoms with van der Waals surface area (Å²) < 4.78 is 26.6. The van der Waals surface area contributed by atoms with Crippen LogP contribution < -0.4 is 19.8 Å². The zero-order valence-corrected chi connectivity index (χ0v) is 17.3. The number of nitrogens with one attached hydrogen (secondary N) is 3.